The molecular formula is C19H20N2O3. The average molecular weight is 324 g/mol. The van der Waals surface area contributed by atoms with Crippen LogP contribution in [0.4, 0.5) is 0 Å². The molecule has 0 fully saturated rings. The van der Waals surface area contributed by atoms with Crippen molar-refractivity contribution in [2.24, 2.45) is 0 Å². The van der Waals surface area contributed by atoms with Crippen molar-refractivity contribution < 1.29 is 15.3 Å². The standard InChI is InChI=1S/C19H20N2O3/c1-2-17-18(13-3-7-15(23)8-4-13)20-21(11-12-22)19(17)14-5-9-16(24)10-6-14/h3-10,22-24H,2,11-12H2,1H3. The first-order valence-electron chi connectivity index (χ1n) is 7.93. The lowest BCUT2D eigenvalue weighted by Gasteiger charge is -2.08. The van der Waals surface area contributed by atoms with Crippen molar-refractivity contribution in [2.45, 2.75) is 19.9 Å². The lowest BCUT2D eigenvalue weighted by Crippen LogP contribution is -2.06. The van der Waals surface area contributed by atoms with Gasteiger partial charge in [0.2, 0.25) is 0 Å². The topological polar surface area (TPSA) is 78.5 Å². The number of phenols is 2. The molecule has 0 saturated heterocycles. The minimum Gasteiger partial charge on any atom is -0.508 e. The van der Waals surface area contributed by atoms with Crippen molar-refractivity contribution in [3.05, 3.63) is 54.1 Å². The van der Waals surface area contributed by atoms with Gasteiger partial charge in [0.1, 0.15) is 11.5 Å². The van der Waals surface area contributed by atoms with E-state index in [9.17, 15) is 15.3 Å². The lowest BCUT2D eigenvalue weighted by atomic mass is 10.00. The lowest BCUT2D eigenvalue weighted by molar-refractivity contribution is 0.270. The van der Waals surface area contributed by atoms with Gasteiger partial charge in [0.15, 0.2) is 0 Å². The zero-order valence-corrected chi connectivity index (χ0v) is 13.5. The smallest absolute Gasteiger partial charge is 0.115 e. The third-order valence-electron chi connectivity index (χ3n) is 4.00. The molecule has 1 heterocycles. The van der Waals surface area contributed by atoms with Gasteiger partial charge < -0.3 is 15.3 Å². The summed E-state index contributed by atoms with van der Waals surface area (Å²) in [5.41, 5.74) is 4.71. The van der Waals surface area contributed by atoms with Gasteiger partial charge in [0.25, 0.3) is 0 Å². The quantitative estimate of drug-likeness (QED) is 0.673. The normalized spacial score (nSPS) is 10.9. The third kappa shape index (κ3) is 2.98. The van der Waals surface area contributed by atoms with E-state index in [1.54, 1.807) is 28.9 Å². The van der Waals surface area contributed by atoms with Crippen molar-refractivity contribution >= 4 is 0 Å². The number of hydrogen-bond donors (Lipinski definition) is 3. The molecule has 124 valence electrons. The van der Waals surface area contributed by atoms with Crippen molar-refractivity contribution in [3.8, 4) is 34.0 Å². The van der Waals surface area contributed by atoms with Crippen molar-refractivity contribution in [2.75, 3.05) is 6.61 Å². The molecule has 0 atom stereocenters. The van der Waals surface area contributed by atoms with Gasteiger partial charge in [0.05, 0.1) is 24.5 Å². The molecule has 0 unspecified atom stereocenters. The monoisotopic (exact) mass is 324 g/mol. The maximum atomic E-state index is 9.53. The number of aliphatic hydroxyl groups is 1. The summed E-state index contributed by atoms with van der Waals surface area (Å²) in [6.07, 6.45) is 0.776. The second-order valence-electron chi connectivity index (χ2n) is 5.57. The van der Waals surface area contributed by atoms with Crippen LogP contribution in [-0.4, -0.2) is 31.7 Å². The van der Waals surface area contributed by atoms with E-state index in [4.69, 9.17) is 0 Å². The minimum atomic E-state index is -0.00899. The molecule has 5 heteroatoms. The highest BCUT2D eigenvalue weighted by Gasteiger charge is 2.19. The van der Waals surface area contributed by atoms with Crippen molar-refractivity contribution in [1.82, 2.24) is 9.78 Å². The number of nitrogens with zero attached hydrogens (tertiary/aromatic N) is 2. The summed E-state index contributed by atoms with van der Waals surface area (Å²) < 4.78 is 1.80. The number of phenolic OH excluding ortho intramolecular Hbond substituents is 2. The summed E-state index contributed by atoms with van der Waals surface area (Å²) in [5.74, 6) is 0.425. The van der Waals surface area contributed by atoms with Gasteiger partial charge in [-0.05, 0) is 55.0 Å². The highest BCUT2D eigenvalue weighted by molar-refractivity contribution is 5.75. The van der Waals surface area contributed by atoms with E-state index in [0.29, 0.717) is 6.54 Å². The van der Waals surface area contributed by atoms with Crippen LogP contribution in [0.1, 0.15) is 12.5 Å². The summed E-state index contributed by atoms with van der Waals surface area (Å²) >= 11 is 0. The van der Waals surface area contributed by atoms with Crippen molar-refractivity contribution in [1.29, 1.82) is 0 Å². The van der Waals surface area contributed by atoms with Crippen LogP contribution in [0.3, 0.4) is 0 Å². The van der Waals surface area contributed by atoms with Gasteiger partial charge in [-0.1, -0.05) is 6.92 Å². The highest BCUT2D eigenvalue weighted by Crippen LogP contribution is 2.34. The van der Waals surface area contributed by atoms with E-state index in [1.165, 1.54) is 0 Å². The Balaban J connectivity index is 2.19. The van der Waals surface area contributed by atoms with Crippen LogP contribution in [0.25, 0.3) is 22.5 Å². The van der Waals surface area contributed by atoms with Gasteiger partial charge in [-0.2, -0.15) is 5.10 Å². The fourth-order valence-corrected chi connectivity index (χ4v) is 2.88. The average Bonchev–Trinajstić information content (AvgIpc) is 2.95. The molecule has 0 aliphatic carbocycles. The van der Waals surface area contributed by atoms with Crippen LogP contribution >= 0.6 is 0 Å². The highest BCUT2D eigenvalue weighted by atomic mass is 16.3. The maximum Gasteiger partial charge on any atom is 0.115 e. The van der Waals surface area contributed by atoms with Gasteiger partial charge >= 0.3 is 0 Å². The molecule has 3 aromatic rings. The largest absolute Gasteiger partial charge is 0.508 e. The number of aromatic hydroxyl groups is 2. The van der Waals surface area contributed by atoms with E-state index in [2.05, 4.69) is 12.0 Å². The second-order valence-corrected chi connectivity index (χ2v) is 5.57. The molecule has 2 aromatic carbocycles. The van der Waals surface area contributed by atoms with E-state index in [1.807, 2.05) is 24.3 Å². The number of rotatable bonds is 5. The molecule has 0 saturated carbocycles. The van der Waals surface area contributed by atoms with E-state index in [0.717, 1.165) is 34.5 Å². The van der Waals surface area contributed by atoms with Crippen molar-refractivity contribution in [3.63, 3.8) is 0 Å². The van der Waals surface area contributed by atoms with Crippen LogP contribution in [0.2, 0.25) is 0 Å². The van der Waals surface area contributed by atoms with E-state index >= 15 is 0 Å². The van der Waals surface area contributed by atoms with Crippen LogP contribution in [0.15, 0.2) is 48.5 Å². The molecule has 0 amide bonds. The van der Waals surface area contributed by atoms with E-state index < -0.39 is 0 Å². The Morgan fingerprint density at radius 1 is 0.875 bits per heavy atom. The molecule has 0 aliphatic rings. The third-order valence-corrected chi connectivity index (χ3v) is 4.00. The minimum absolute atomic E-state index is 0.00899. The predicted octanol–water partition coefficient (Wildman–Crippen LogP) is 3.18. The van der Waals surface area contributed by atoms with Gasteiger partial charge in [-0.3, -0.25) is 4.68 Å². The van der Waals surface area contributed by atoms with Gasteiger partial charge in [-0.25, -0.2) is 0 Å². The Morgan fingerprint density at radius 2 is 1.42 bits per heavy atom. The second kappa shape index (κ2) is 6.76. The molecule has 0 bridgehead atoms. The molecule has 0 spiro atoms. The molecule has 0 aliphatic heterocycles. The first kappa shape index (κ1) is 16.1. The van der Waals surface area contributed by atoms with Gasteiger partial charge in [0, 0.05) is 16.7 Å². The molecule has 24 heavy (non-hydrogen) atoms. The molecular weight excluding hydrogens is 304 g/mol. The maximum absolute atomic E-state index is 9.53. The fraction of sp³-hybridized carbons (Fsp3) is 0.211. The summed E-state index contributed by atoms with van der Waals surface area (Å²) in [4.78, 5) is 0. The number of hydrogen-bond acceptors (Lipinski definition) is 4. The zero-order valence-electron chi connectivity index (χ0n) is 13.5. The fourth-order valence-electron chi connectivity index (χ4n) is 2.88. The zero-order chi connectivity index (χ0) is 17.1. The Morgan fingerprint density at radius 3 is 1.92 bits per heavy atom. The number of aliphatic hydroxyl groups excluding tert-OH is 1. The first-order valence-corrected chi connectivity index (χ1v) is 7.93. The molecule has 3 rings (SSSR count). The molecule has 3 N–H and O–H groups in total. The van der Waals surface area contributed by atoms with Gasteiger partial charge in [-0.15, -0.1) is 0 Å². The van der Waals surface area contributed by atoms with Crippen LogP contribution in [0, 0.1) is 0 Å². The number of aromatic nitrogens is 2. The summed E-state index contributed by atoms with van der Waals surface area (Å²) in [7, 11) is 0. The van der Waals surface area contributed by atoms with Crippen LogP contribution in [-0.2, 0) is 13.0 Å². The summed E-state index contributed by atoms with van der Waals surface area (Å²) in [5, 5.41) is 33.1. The number of benzene rings is 2. The Labute approximate surface area is 140 Å². The Hall–Kier alpha value is -2.79. The molecule has 0 radical (unpaired) electrons. The molecule has 5 nitrogen and oxygen atoms in total. The Kier molecular flexibility index (Phi) is 4.53. The Bertz CT molecular complexity index is 821. The summed E-state index contributed by atoms with van der Waals surface area (Å²) in [6, 6.07) is 13.9. The van der Waals surface area contributed by atoms with Crippen LogP contribution in [0.5, 0.6) is 11.5 Å². The van der Waals surface area contributed by atoms with E-state index in [-0.39, 0.29) is 18.1 Å². The summed E-state index contributed by atoms with van der Waals surface area (Å²) in [6.45, 7) is 2.44. The SMILES string of the molecule is CCc1c(-c2ccc(O)cc2)nn(CCO)c1-c1ccc(O)cc1. The molecule has 1 aromatic heterocycles. The first-order chi connectivity index (χ1) is 11.6. The predicted molar refractivity (Wildman–Crippen MR) is 92.9 cm³/mol. The van der Waals surface area contributed by atoms with Crippen LogP contribution < -0.4 is 0 Å².